The van der Waals surface area contributed by atoms with Gasteiger partial charge in [0.2, 0.25) is 0 Å². The van der Waals surface area contributed by atoms with Gasteiger partial charge in [0.1, 0.15) is 5.01 Å². The Labute approximate surface area is 122 Å². The number of aromatic nitrogens is 1. The molecular formula is C11H17IN4S. The highest BCUT2D eigenvalue weighted by Gasteiger charge is 2.25. The van der Waals surface area contributed by atoms with Gasteiger partial charge in [0.15, 0.2) is 5.96 Å². The molecule has 4 nitrogen and oxygen atoms in total. The molecule has 3 rings (SSSR count). The highest BCUT2D eigenvalue weighted by molar-refractivity contribution is 14.0. The molecular weight excluding hydrogens is 347 g/mol. The summed E-state index contributed by atoms with van der Waals surface area (Å²) in [5.41, 5.74) is 1.29. The fourth-order valence-corrected chi connectivity index (χ4v) is 2.61. The third-order valence-corrected chi connectivity index (χ3v) is 3.75. The average molecular weight is 364 g/mol. The van der Waals surface area contributed by atoms with Crippen molar-refractivity contribution in [3.05, 3.63) is 16.1 Å². The van der Waals surface area contributed by atoms with E-state index in [1.54, 1.807) is 11.3 Å². The van der Waals surface area contributed by atoms with Crippen LogP contribution in [-0.4, -0.2) is 23.5 Å². The number of nitrogens with zero attached hydrogens (tertiary/aromatic N) is 2. The smallest absolute Gasteiger partial charge is 0.191 e. The van der Waals surface area contributed by atoms with Gasteiger partial charge in [0, 0.05) is 17.3 Å². The van der Waals surface area contributed by atoms with Crippen LogP contribution in [0.25, 0.3) is 0 Å². The van der Waals surface area contributed by atoms with Crippen LogP contribution in [0.5, 0.6) is 0 Å². The number of nitrogens with one attached hydrogen (secondary N) is 2. The maximum absolute atomic E-state index is 4.63. The minimum absolute atomic E-state index is 0. The molecule has 2 N–H and O–H groups in total. The minimum atomic E-state index is 0. The first-order valence-corrected chi connectivity index (χ1v) is 6.68. The van der Waals surface area contributed by atoms with Crippen LogP contribution >= 0.6 is 35.3 Å². The Hall–Kier alpha value is -0.370. The number of guanidine groups is 1. The first-order valence-electron chi connectivity index (χ1n) is 5.80. The van der Waals surface area contributed by atoms with Gasteiger partial charge in [-0.25, -0.2) is 4.98 Å². The minimum Gasteiger partial charge on any atom is -0.352 e. The number of thiazole rings is 1. The lowest BCUT2D eigenvalue weighted by atomic mass is 10.3. The summed E-state index contributed by atoms with van der Waals surface area (Å²) in [6.07, 6.45) is 2.64. The maximum atomic E-state index is 4.63. The van der Waals surface area contributed by atoms with Gasteiger partial charge >= 0.3 is 0 Å². The van der Waals surface area contributed by atoms with Crippen molar-refractivity contribution in [2.75, 3.05) is 6.54 Å². The number of rotatable bonds is 3. The second kappa shape index (κ2) is 5.51. The van der Waals surface area contributed by atoms with Crippen LogP contribution in [-0.2, 0) is 6.54 Å². The van der Waals surface area contributed by atoms with E-state index in [-0.39, 0.29) is 24.0 Å². The van der Waals surface area contributed by atoms with E-state index in [4.69, 9.17) is 0 Å². The predicted octanol–water partition coefficient (Wildman–Crippen LogP) is 2.08. The molecule has 0 saturated heterocycles. The normalized spacial score (nSPS) is 22.6. The van der Waals surface area contributed by atoms with E-state index in [9.17, 15) is 0 Å². The van der Waals surface area contributed by atoms with Gasteiger partial charge in [0.25, 0.3) is 0 Å². The molecule has 1 fully saturated rings. The summed E-state index contributed by atoms with van der Waals surface area (Å²) >= 11 is 1.75. The van der Waals surface area contributed by atoms with Crippen molar-refractivity contribution in [3.63, 3.8) is 0 Å². The highest BCUT2D eigenvalue weighted by atomic mass is 127. The van der Waals surface area contributed by atoms with Crippen LogP contribution < -0.4 is 10.6 Å². The molecule has 1 aliphatic heterocycles. The summed E-state index contributed by atoms with van der Waals surface area (Å²) in [6, 6.07) is 0.459. The van der Waals surface area contributed by atoms with E-state index >= 15 is 0 Å². The molecule has 2 heterocycles. The topological polar surface area (TPSA) is 49.3 Å². The Balaban J connectivity index is 0.00000108. The standard InChI is InChI=1S/C11H16N4S.HI/c1-7-4-12-11(14-7)13-5-10-15-9(6-16-10)8-2-3-8;/h6-8H,2-5H2,1H3,(H2,12,13,14);1H. The van der Waals surface area contributed by atoms with Crippen molar-refractivity contribution < 1.29 is 0 Å². The van der Waals surface area contributed by atoms with E-state index < -0.39 is 0 Å². The van der Waals surface area contributed by atoms with Crippen molar-refractivity contribution in [2.45, 2.75) is 38.3 Å². The Morgan fingerprint density at radius 2 is 2.35 bits per heavy atom. The molecule has 94 valence electrons. The van der Waals surface area contributed by atoms with Gasteiger partial charge in [-0.15, -0.1) is 35.3 Å². The Morgan fingerprint density at radius 1 is 1.53 bits per heavy atom. The van der Waals surface area contributed by atoms with Crippen LogP contribution in [0.3, 0.4) is 0 Å². The summed E-state index contributed by atoms with van der Waals surface area (Å²) in [6.45, 7) is 3.79. The molecule has 1 aromatic heterocycles. The molecule has 0 bridgehead atoms. The number of halogens is 1. The zero-order valence-corrected chi connectivity index (χ0v) is 12.9. The highest BCUT2D eigenvalue weighted by Crippen LogP contribution is 2.40. The van der Waals surface area contributed by atoms with Crippen molar-refractivity contribution in [2.24, 2.45) is 4.99 Å². The monoisotopic (exact) mass is 364 g/mol. The quantitative estimate of drug-likeness (QED) is 0.808. The van der Waals surface area contributed by atoms with Crippen LogP contribution in [0.2, 0.25) is 0 Å². The summed E-state index contributed by atoms with van der Waals surface area (Å²) in [7, 11) is 0. The molecule has 1 aliphatic carbocycles. The second-order valence-corrected chi connectivity index (χ2v) is 5.47. The van der Waals surface area contributed by atoms with Crippen LogP contribution in [0.15, 0.2) is 10.4 Å². The lowest BCUT2D eigenvalue weighted by molar-refractivity contribution is 0.712. The average Bonchev–Trinajstić information content (AvgIpc) is 2.87. The number of hydrogen-bond acceptors (Lipinski definition) is 5. The van der Waals surface area contributed by atoms with E-state index in [0.717, 1.165) is 30.0 Å². The maximum Gasteiger partial charge on any atom is 0.191 e. The third-order valence-electron chi connectivity index (χ3n) is 2.88. The molecule has 0 amide bonds. The largest absolute Gasteiger partial charge is 0.352 e. The molecule has 1 unspecified atom stereocenters. The molecule has 0 radical (unpaired) electrons. The summed E-state index contributed by atoms with van der Waals surface area (Å²) in [5.74, 6) is 1.67. The molecule has 2 aliphatic rings. The van der Waals surface area contributed by atoms with Gasteiger partial charge in [0.05, 0.1) is 18.8 Å². The molecule has 0 aromatic carbocycles. The van der Waals surface area contributed by atoms with E-state index in [1.807, 2.05) is 0 Å². The lowest BCUT2D eigenvalue weighted by Crippen LogP contribution is -2.37. The summed E-state index contributed by atoms with van der Waals surface area (Å²) in [4.78, 5) is 8.98. The van der Waals surface area contributed by atoms with Gasteiger partial charge in [-0.3, -0.25) is 4.99 Å². The Bertz CT molecular complexity index is 413. The zero-order valence-electron chi connectivity index (χ0n) is 9.77. The SMILES string of the molecule is CC1CN=C(NCc2nc(C3CC3)cs2)N1.I. The molecule has 0 spiro atoms. The fraction of sp³-hybridized carbons (Fsp3) is 0.636. The Morgan fingerprint density at radius 3 is 3.00 bits per heavy atom. The predicted molar refractivity (Wildman–Crippen MR) is 81.2 cm³/mol. The van der Waals surface area contributed by atoms with E-state index in [1.165, 1.54) is 18.5 Å². The fourth-order valence-electron chi connectivity index (χ4n) is 1.79. The summed E-state index contributed by atoms with van der Waals surface area (Å²) < 4.78 is 0. The van der Waals surface area contributed by atoms with Gasteiger partial charge in [-0.1, -0.05) is 0 Å². The molecule has 6 heteroatoms. The van der Waals surface area contributed by atoms with Crippen molar-refractivity contribution in [1.29, 1.82) is 0 Å². The van der Waals surface area contributed by atoms with E-state index in [0.29, 0.717) is 6.04 Å². The molecule has 17 heavy (non-hydrogen) atoms. The van der Waals surface area contributed by atoms with Crippen LogP contribution in [0.4, 0.5) is 0 Å². The van der Waals surface area contributed by atoms with Gasteiger partial charge < -0.3 is 10.6 Å². The summed E-state index contributed by atoms with van der Waals surface area (Å²) in [5, 5.41) is 9.92. The van der Waals surface area contributed by atoms with Crippen molar-refractivity contribution >= 4 is 41.3 Å². The second-order valence-electron chi connectivity index (χ2n) is 4.53. The van der Waals surface area contributed by atoms with Crippen molar-refractivity contribution in [3.8, 4) is 0 Å². The molecule has 1 atom stereocenters. The lowest BCUT2D eigenvalue weighted by Gasteiger charge is -2.06. The number of hydrogen-bond donors (Lipinski definition) is 2. The zero-order chi connectivity index (χ0) is 11.0. The third kappa shape index (κ3) is 3.31. The number of aliphatic imine (C=N–C) groups is 1. The van der Waals surface area contributed by atoms with Crippen LogP contribution in [0, 0.1) is 0 Å². The molecule has 1 saturated carbocycles. The Kier molecular flexibility index (Phi) is 4.24. The van der Waals surface area contributed by atoms with E-state index in [2.05, 4.69) is 32.9 Å². The van der Waals surface area contributed by atoms with Crippen LogP contribution in [0.1, 0.15) is 36.4 Å². The van der Waals surface area contributed by atoms with Gasteiger partial charge in [-0.2, -0.15) is 0 Å². The molecule has 1 aromatic rings. The van der Waals surface area contributed by atoms with Gasteiger partial charge in [-0.05, 0) is 19.8 Å². The first-order chi connectivity index (χ1) is 7.81. The van der Waals surface area contributed by atoms with Crippen molar-refractivity contribution in [1.82, 2.24) is 15.6 Å². The first kappa shape index (κ1) is 13.1.